The van der Waals surface area contributed by atoms with Crippen molar-refractivity contribution in [3.63, 3.8) is 0 Å². The van der Waals surface area contributed by atoms with E-state index in [4.69, 9.17) is 5.73 Å². The third-order valence-corrected chi connectivity index (χ3v) is 3.55. The molecule has 21 heavy (non-hydrogen) atoms. The number of nitrogen functional groups attached to an aromatic ring is 1. The van der Waals surface area contributed by atoms with Gasteiger partial charge in [0.1, 0.15) is 5.75 Å². The van der Waals surface area contributed by atoms with E-state index in [-0.39, 0.29) is 11.7 Å². The summed E-state index contributed by atoms with van der Waals surface area (Å²) in [7, 11) is 1.75. The highest BCUT2D eigenvalue weighted by molar-refractivity contribution is 5.96. The molecule has 0 aliphatic rings. The fourth-order valence-corrected chi connectivity index (χ4v) is 2.25. The second kappa shape index (κ2) is 5.87. The minimum Gasteiger partial charge on any atom is -0.508 e. The van der Waals surface area contributed by atoms with Crippen molar-refractivity contribution >= 4 is 11.6 Å². The second-order valence-electron chi connectivity index (χ2n) is 5.35. The Bertz CT molecular complexity index is 663. The average molecular weight is 284 g/mol. The van der Waals surface area contributed by atoms with Crippen LogP contribution in [0, 0.1) is 13.8 Å². The van der Waals surface area contributed by atoms with E-state index in [2.05, 4.69) is 0 Å². The van der Waals surface area contributed by atoms with Gasteiger partial charge in [-0.2, -0.15) is 0 Å². The number of carbonyl (C=O) groups is 1. The zero-order valence-corrected chi connectivity index (χ0v) is 12.6. The van der Waals surface area contributed by atoms with Gasteiger partial charge in [-0.25, -0.2) is 0 Å². The molecule has 110 valence electrons. The Morgan fingerprint density at radius 3 is 2.38 bits per heavy atom. The first kappa shape index (κ1) is 14.9. The molecule has 0 heterocycles. The van der Waals surface area contributed by atoms with E-state index < -0.39 is 0 Å². The Hall–Kier alpha value is -2.49. The van der Waals surface area contributed by atoms with E-state index in [9.17, 15) is 9.90 Å². The highest BCUT2D eigenvalue weighted by Gasteiger charge is 2.15. The standard InChI is InChI=1S/C17H20N2O2/c1-11-8-12(2)16(18)9-15(11)17(21)19(3)10-13-4-6-14(20)7-5-13/h4-9,20H,10,18H2,1-3H3. The maximum absolute atomic E-state index is 12.5. The van der Waals surface area contributed by atoms with Crippen LogP contribution in [0.25, 0.3) is 0 Å². The Morgan fingerprint density at radius 2 is 1.76 bits per heavy atom. The van der Waals surface area contributed by atoms with Crippen LogP contribution in [0.2, 0.25) is 0 Å². The van der Waals surface area contributed by atoms with Gasteiger partial charge in [0.25, 0.3) is 5.91 Å². The number of nitrogens with two attached hydrogens (primary N) is 1. The molecule has 0 fully saturated rings. The number of rotatable bonds is 3. The number of aryl methyl sites for hydroxylation is 2. The third kappa shape index (κ3) is 3.34. The number of carbonyl (C=O) groups excluding carboxylic acids is 1. The van der Waals surface area contributed by atoms with Crippen LogP contribution < -0.4 is 5.73 Å². The van der Waals surface area contributed by atoms with E-state index in [0.29, 0.717) is 17.8 Å². The van der Waals surface area contributed by atoms with Crippen LogP contribution in [0.1, 0.15) is 27.0 Å². The van der Waals surface area contributed by atoms with Gasteiger partial charge < -0.3 is 15.7 Å². The van der Waals surface area contributed by atoms with Crippen molar-refractivity contribution in [3.8, 4) is 5.75 Å². The van der Waals surface area contributed by atoms with Crippen LogP contribution in [-0.2, 0) is 6.54 Å². The predicted octanol–water partition coefficient (Wildman–Crippen LogP) is 2.86. The van der Waals surface area contributed by atoms with Gasteiger partial charge in [0, 0.05) is 24.8 Å². The van der Waals surface area contributed by atoms with Crippen LogP contribution in [-0.4, -0.2) is 23.0 Å². The first-order chi connectivity index (χ1) is 9.88. The summed E-state index contributed by atoms with van der Waals surface area (Å²) in [5, 5.41) is 9.28. The minimum atomic E-state index is -0.0627. The van der Waals surface area contributed by atoms with Gasteiger partial charge in [-0.05, 0) is 48.7 Å². The maximum atomic E-state index is 12.5. The molecule has 4 nitrogen and oxygen atoms in total. The smallest absolute Gasteiger partial charge is 0.254 e. The van der Waals surface area contributed by atoms with Crippen molar-refractivity contribution < 1.29 is 9.90 Å². The summed E-state index contributed by atoms with van der Waals surface area (Å²) in [4.78, 5) is 14.2. The molecule has 0 aliphatic carbocycles. The van der Waals surface area contributed by atoms with Gasteiger partial charge in [-0.1, -0.05) is 18.2 Å². The summed E-state index contributed by atoms with van der Waals surface area (Å²) >= 11 is 0. The Labute approximate surface area is 124 Å². The quantitative estimate of drug-likeness (QED) is 0.852. The van der Waals surface area contributed by atoms with Crippen LogP contribution >= 0.6 is 0 Å². The van der Waals surface area contributed by atoms with Gasteiger partial charge in [-0.15, -0.1) is 0 Å². The van der Waals surface area contributed by atoms with Gasteiger partial charge in [-0.3, -0.25) is 4.79 Å². The average Bonchev–Trinajstić information content (AvgIpc) is 2.44. The fraction of sp³-hybridized carbons (Fsp3) is 0.235. The zero-order valence-electron chi connectivity index (χ0n) is 12.6. The first-order valence-corrected chi connectivity index (χ1v) is 6.78. The molecule has 4 heteroatoms. The van der Waals surface area contributed by atoms with Gasteiger partial charge in [0.15, 0.2) is 0 Å². The first-order valence-electron chi connectivity index (χ1n) is 6.78. The lowest BCUT2D eigenvalue weighted by molar-refractivity contribution is 0.0784. The Kier molecular flexibility index (Phi) is 4.17. The largest absolute Gasteiger partial charge is 0.508 e. The van der Waals surface area contributed by atoms with Crippen molar-refractivity contribution in [1.29, 1.82) is 0 Å². The molecule has 3 N–H and O–H groups in total. The molecule has 2 aromatic carbocycles. The molecular formula is C17H20N2O2. The second-order valence-corrected chi connectivity index (χ2v) is 5.35. The van der Waals surface area contributed by atoms with Crippen LogP contribution in [0.5, 0.6) is 5.75 Å². The number of phenolic OH excluding ortho intramolecular Hbond substituents is 1. The highest BCUT2D eigenvalue weighted by Crippen LogP contribution is 2.20. The van der Waals surface area contributed by atoms with E-state index >= 15 is 0 Å². The number of benzene rings is 2. The third-order valence-electron chi connectivity index (χ3n) is 3.55. The van der Waals surface area contributed by atoms with Crippen molar-refractivity contribution in [2.45, 2.75) is 20.4 Å². The molecule has 1 amide bonds. The fourth-order valence-electron chi connectivity index (χ4n) is 2.25. The molecular weight excluding hydrogens is 264 g/mol. The number of aromatic hydroxyl groups is 1. The summed E-state index contributed by atoms with van der Waals surface area (Å²) in [6.45, 7) is 4.32. The summed E-state index contributed by atoms with van der Waals surface area (Å²) < 4.78 is 0. The van der Waals surface area contributed by atoms with Gasteiger partial charge in [0.05, 0.1) is 0 Å². The van der Waals surface area contributed by atoms with Crippen LogP contribution in [0.15, 0.2) is 36.4 Å². The van der Waals surface area contributed by atoms with Crippen molar-refractivity contribution in [2.75, 3.05) is 12.8 Å². The van der Waals surface area contributed by atoms with Crippen LogP contribution in [0.4, 0.5) is 5.69 Å². The molecule has 2 aromatic rings. The molecule has 0 aliphatic heterocycles. The molecule has 0 bridgehead atoms. The molecule has 0 saturated carbocycles. The molecule has 0 radical (unpaired) electrons. The number of nitrogens with zero attached hydrogens (tertiary/aromatic N) is 1. The van der Waals surface area contributed by atoms with E-state index in [1.807, 2.05) is 19.9 Å². The minimum absolute atomic E-state index is 0.0627. The SMILES string of the molecule is Cc1cc(C)c(C(=O)N(C)Cc2ccc(O)cc2)cc1N. The molecule has 2 rings (SSSR count). The summed E-state index contributed by atoms with van der Waals surface area (Å²) in [6, 6.07) is 10.5. The summed E-state index contributed by atoms with van der Waals surface area (Å²) in [5.41, 5.74) is 10.0. The van der Waals surface area contributed by atoms with Crippen molar-refractivity contribution in [1.82, 2.24) is 4.90 Å². The van der Waals surface area contributed by atoms with E-state index in [0.717, 1.165) is 16.7 Å². The monoisotopic (exact) mass is 284 g/mol. The molecule has 0 aromatic heterocycles. The Morgan fingerprint density at radius 1 is 1.14 bits per heavy atom. The number of hydrogen-bond acceptors (Lipinski definition) is 3. The summed E-state index contributed by atoms with van der Waals surface area (Å²) in [5.74, 6) is 0.155. The lowest BCUT2D eigenvalue weighted by atomic mass is 10.0. The van der Waals surface area contributed by atoms with Crippen LogP contribution in [0.3, 0.4) is 0 Å². The van der Waals surface area contributed by atoms with Crippen molar-refractivity contribution in [2.24, 2.45) is 0 Å². The topological polar surface area (TPSA) is 66.6 Å². The number of amides is 1. The molecule has 0 saturated heterocycles. The van der Waals surface area contributed by atoms with Gasteiger partial charge >= 0.3 is 0 Å². The summed E-state index contributed by atoms with van der Waals surface area (Å²) in [6.07, 6.45) is 0. The highest BCUT2D eigenvalue weighted by atomic mass is 16.3. The zero-order chi connectivity index (χ0) is 15.6. The van der Waals surface area contributed by atoms with E-state index in [1.165, 1.54) is 0 Å². The normalized spacial score (nSPS) is 10.4. The van der Waals surface area contributed by atoms with E-state index in [1.54, 1.807) is 42.3 Å². The number of hydrogen-bond donors (Lipinski definition) is 2. The lowest BCUT2D eigenvalue weighted by Crippen LogP contribution is -2.27. The van der Waals surface area contributed by atoms with Gasteiger partial charge in [0.2, 0.25) is 0 Å². The molecule has 0 spiro atoms. The number of anilines is 1. The lowest BCUT2D eigenvalue weighted by Gasteiger charge is -2.19. The van der Waals surface area contributed by atoms with Crippen molar-refractivity contribution in [3.05, 3.63) is 58.7 Å². The molecule has 0 unspecified atom stereocenters. The molecule has 0 atom stereocenters. The Balaban J connectivity index is 2.19. The number of phenols is 1. The maximum Gasteiger partial charge on any atom is 0.254 e. The predicted molar refractivity (Wildman–Crippen MR) is 84.2 cm³/mol.